The van der Waals surface area contributed by atoms with Gasteiger partial charge in [-0.1, -0.05) is 0 Å². The first-order valence-electron chi connectivity index (χ1n) is 3.15. The topological polar surface area (TPSA) is 43.6 Å². The van der Waals surface area contributed by atoms with E-state index in [1.807, 2.05) is 12.3 Å². The second-order valence-electron chi connectivity index (χ2n) is 2.10. The van der Waals surface area contributed by atoms with Crippen LogP contribution < -0.4 is 0 Å². The number of rotatable bonds is 1. The van der Waals surface area contributed by atoms with E-state index in [0.29, 0.717) is 0 Å². The molecule has 0 bridgehead atoms. The quantitative estimate of drug-likeness (QED) is 0.635. The summed E-state index contributed by atoms with van der Waals surface area (Å²) in [6.07, 6.45) is 3.30. The maximum absolute atomic E-state index is 4.11. The van der Waals surface area contributed by atoms with Crippen molar-refractivity contribution in [3.05, 3.63) is 23.5 Å². The molecule has 11 heavy (non-hydrogen) atoms. The van der Waals surface area contributed by atoms with Crippen molar-refractivity contribution >= 4 is 11.5 Å². The predicted octanol–water partition coefficient (Wildman–Crippen LogP) is 1.03. The highest BCUT2D eigenvalue weighted by atomic mass is 32.1. The van der Waals surface area contributed by atoms with Gasteiger partial charge in [-0.05, 0) is 18.5 Å². The van der Waals surface area contributed by atoms with E-state index in [9.17, 15) is 0 Å². The van der Waals surface area contributed by atoms with Crippen LogP contribution >= 0.6 is 11.5 Å². The van der Waals surface area contributed by atoms with Crippen LogP contribution in [0.25, 0.3) is 5.69 Å². The lowest BCUT2D eigenvalue weighted by Gasteiger charge is -1.93. The Bertz CT molecular complexity index is 337. The van der Waals surface area contributed by atoms with Gasteiger partial charge < -0.3 is 0 Å². The average molecular weight is 166 g/mol. The normalized spacial score (nSPS) is 10.3. The molecule has 0 aliphatic carbocycles. The van der Waals surface area contributed by atoms with Gasteiger partial charge in [0.1, 0.15) is 5.69 Å². The SMILES string of the molecule is Cc1nscc1-n1nccn1. The maximum Gasteiger partial charge on any atom is 0.119 e. The van der Waals surface area contributed by atoms with Crippen LogP contribution in [0.2, 0.25) is 0 Å². The molecule has 2 heterocycles. The van der Waals surface area contributed by atoms with Crippen LogP contribution in [0, 0.1) is 6.92 Å². The highest BCUT2D eigenvalue weighted by molar-refractivity contribution is 7.04. The van der Waals surface area contributed by atoms with Gasteiger partial charge in [0.2, 0.25) is 0 Å². The molecule has 5 heteroatoms. The van der Waals surface area contributed by atoms with E-state index in [2.05, 4.69) is 14.6 Å². The summed E-state index contributed by atoms with van der Waals surface area (Å²) in [6, 6.07) is 0. The lowest BCUT2D eigenvalue weighted by atomic mass is 10.4. The van der Waals surface area contributed by atoms with Crippen molar-refractivity contribution in [3.63, 3.8) is 0 Å². The van der Waals surface area contributed by atoms with Gasteiger partial charge in [0, 0.05) is 5.38 Å². The van der Waals surface area contributed by atoms with Crippen molar-refractivity contribution in [2.75, 3.05) is 0 Å². The van der Waals surface area contributed by atoms with Crippen molar-refractivity contribution in [2.45, 2.75) is 6.92 Å². The Morgan fingerprint density at radius 1 is 1.36 bits per heavy atom. The minimum atomic E-state index is 0.958. The van der Waals surface area contributed by atoms with Gasteiger partial charge >= 0.3 is 0 Å². The van der Waals surface area contributed by atoms with Crippen molar-refractivity contribution < 1.29 is 0 Å². The second-order valence-corrected chi connectivity index (χ2v) is 2.73. The molecule has 0 N–H and O–H groups in total. The molecule has 0 unspecified atom stereocenters. The lowest BCUT2D eigenvalue weighted by molar-refractivity contribution is 0.747. The molecule has 0 saturated heterocycles. The van der Waals surface area contributed by atoms with Crippen molar-refractivity contribution in [3.8, 4) is 5.69 Å². The largest absolute Gasteiger partial charge is 0.196 e. The molecule has 0 spiro atoms. The van der Waals surface area contributed by atoms with Gasteiger partial charge in [0.15, 0.2) is 0 Å². The molecule has 4 nitrogen and oxygen atoms in total. The molecule has 0 fully saturated rings. The molecule has 0 atom stereocenters. The number of hydrogen-bond donors (Lipinski definition) is 0. The predicted molar refractivity (Wildman–Crippen MR) is 41.8 cm³/mol. The average Bonchev–Trinajstić information content (AvgIpc) is 2.55. The van der Waals surface area contributed by atoms with Gasteiger partial charge in [-0.2, -0.15) is 14.6 Å². The Morgan fingerprint density at radius 2 is 2.09 bits per heavy atom. The summed E-state index contributed by atoms with van der Waals surface area (Å²) in [5.74, 6) is 0. The van der Waals surface area contributed by atoms with Gasteiger partial charge in [-0.15, -0.1) is 4.80 Å². The molecule has 0 aliphatic rings. The third-order valence-corrected chi connectivity index (χ3v) is 2.07. The third-order valence-electron chi connectivity index (χ3n) is 1.36. The Hall–Kier alpha value is -1.23. The van der Waals surface area contributed by atoms with Crippen molar-refractivity contribution in [1.29, 1.82) is 0 Å². The van der Waals surface area contributed by atoms with Crippen LogP contribution in [0.1, 0.15) is 5.69 Å². The standard InChI is InChI=1S/C6H6N4S/c1-5-6(4-11-9-5)10-7-2-3-8-10/h2-4H,1H3. The molecule has 56 valence electrons. The zero-order valence-corrected chi connectivity index (χ0v) is 6.75. The summed E-state index contributed by atoms with van der Waals surface area (Å²) in [7, 11) is 0. The minimum absolute atomic E-state index is 0.958. The van der Waals surface area contributed by atoms with Gasteiger partial charge in [-0.25, -0.2) is 0 Å². The highest BCUT2D eigenvalue weighted by Crippen LogP contribution is 2.11. The smallest absolute Gasteiger partial charge is 0.119 e. The van der Waals surface area contributed by atoms with Crippen LogP contribution in [0.3, 0.4) is 0 Å². The first kappa shape index (κ1) is 6.48. The van der Waals surface area contributed by atoms with E-state index < -0.39 is 0 Å². The van der Waals surface area contributed by atoms with E-state index in [1.165, 1.54) is 11.5 Å². The summed E-state index contributed by atoms with van der Waals surface area (Å²) in [5.41, 5.74) is 1.92. The van der Waals surface area contributed by atoms with E-state index in [-0.39, 0.29) is 0 Å². The molecule has 2 rings (SSSR count). The summed E-state index contributed by atoms with van der Waals surface area (Å²) in [5, 5.41) is 9.91. The van der Waals surface area contributed by atoms with Crippen LogP contribution in [-0.4, -0.2) is 19.4 Å². The molecular weight excluding hydrogens is 160 g/mol. The fourth-order valence-corrected chi connectivity index (χ4v) is 1.49. The van der Waals surface area contributed by atoms with Crippen LogP contribution in [0.4, 0.5) is 0 Å². The van der Waals surface area contributed by atoms with Crippen molar-refractivity contribution in [2.24, 2.45) is 0 Å². The molecule has 0 radical (unpaired) electrons. The molecule has 0 aliphatic heterocycles. The van der Waals surface area contributed by atoms with Gasteiger partial charge in [0.25, 0.3) is 0 Å². The molecular formula is C6H6N4S. The number of aryl methyl sites for hydroxylation is 1. The molecule has 0 aromatic carbocycles. The Labute approximate surface area is 67.6 Å². The van der Waals surface area contributed by atoms with E-state index in [0.717, 1.165) is 11.4 Å². The van der Waals surface area contributed by atoms with E-state index >= 15 is 0 Å². The third kappa shape index (κ3) is 1.03. The number of hydrogen-bond acceptors (Lipinski definition) is 4. The first-order valence-corrected chi connectivity index (χ1v) is 3.99. The molecule has 2 aromatic rings. The zero-order valence-electron chi connectivity index (χ0n) is 5.93. The van der Waals surface area contributed by atoms with Gasteiger partial charge in [-0.3, -0.25) is 0 Å². The summed E-state index contributed by atoms with van der Waals surface area (Å²) in [6.45, 7) is 1.94. The highest BCUT2D eigenvalue weighted by Gasteiger charge is 2.02. The van der Waals surface area contributed by atoms with E-state index in [1.54, 1.807) is 17.2 Å². The molecule has 0 amide bonds. The second kappa shape index (κ2) is 2.43. The Kier molecular flexibility index (Phi) is 1.43. The zero-order chi connectivity index (χ0) is 7.68. The van der Waals surface area contributed by atoms with Gasteiger partial charge in [0.05, 0.1) is 18.1 Å². The molecule has 0 saturated carbocycles. The van der Waals surface area contributed by atoms with Crippen LogP contribution in [0.5, 0.6) is 0 Å². The van der Waals surface area contributed by atoms with Crippen LogP contribution in [-0.2, 0) is 0 Å². The Balaban J connectivity index is 2.53. The minimum Gasteiger partial charge on any atom is -0.196 e. The molecule has 2 aromatic heterocycles. The monoisotopic (exact) mass is 166 g/mol. The van der Waals surface area contributed by atoms with Crippen LogP contribution in [0.15, 0.2) is 17.8 Å². The van der Waals surface area contributed by atoms with Crippen molar-refractivity contribution in [1.82, 2.24) is 19.4 Å². The Morgan fingerprint density at radius 3 is 2.64 bits per heavy atom. The lowest BCUT2D eigenvalue weighted by Crippen LogP contribution is -1.98. The number of nitrogens with zero attached hydrogens (tertiary/aromatic N) is 4. The first-order chi connectivity index (χ1) is 5.38. The summed E-state index contributed by atoms with van der Waals surface area (Å²) < 4.78 is 4.11. The fraction of sp³-hybridized carbons (Fsp3) is 0.167. The van der Waals surface area contributed by atoms with E-state index in [4.69, 9.17) is 0 Å². The fourth-order valence-electron chi connectivity index (χ4n) is 0.819. The summed E-state index contributed by atoms with van der Waals surface area (Å²) in [4.78, 5) is 1.57. The summed E-state index contributed by atoms with van der Waals surface area (Å²) >= 11 is 1.41. The maximum atomic E-state index is 4.11. The number of aromatic nitrogens is 4.